The van der Waals surface area contributed by atoms with Crippen molar-refractivity contribution in [3.05, 3.63) is 0 Å². The van der Waals surface area contributed by atoms with E-state index in [0.29, 0.717) is 51.5 Å². The summed E-state index contributed by atoms with van der Waals surface area (Å²) in [6.07, 6.45) is -0.934. The molecular formula is C14H28BrNO6. The van der Waals surface area contributed by atoms with Gasteiger partial charge in [-0.2, -0.15) is 0 Å². The maximum atomic E-state index is 11.3. The Labute approximate surface area is 140 Å². The molecule has 0 aromatic heterocycles. The number of aliphatic hydroxyl groups excluding tert-OH is 1. The van der Waals surface area contributed by atoms with Gasteiger partial charge in [-0.05, 0) is 20.8 Å². The minimum absolute atomic E-state index is 0.293. The number of alkyl carbamates (subject to hydrolysis) is 1. The van der Waals surface area contributed by atoms with Crippen LogP contribution in [0.25, 0.3) is 0 Å². The molecule has 0 radical (unpaired) electrons. The molecule has 1 unspecified atom stereocenters. The van der Waals surface area contributed by atoms with Gasteiger partial charge in [0.15, 0.2) is 0 Å². The highest BCUT2D eigenvalue weighted by atomic mass is 79.9. The van der Waals surface area contributed by atoms with Crippen LogP contribution in [-0.4, -0.2) is 74.4 Å². The average molecular weight is 386 g/mol. The van der Waals surface area contributed by atoms with E-state index in [9.17, 15) is 9.90 Å². The van der Waals surface area contributed by atoms with Crippen LogP contribution in [0.4, 0.5) is 4.79 Å². The Hall–Kier alpha value is -0.410. The third kappa shape index (κ3) is 16.0. The maximum Gasteiger partial charge on any atom is 0.407 e. The molecule has 0 fully saturated rings. The van der Waals surface area contributed by atoms with E-state index < -0.39 is 17.8 Å². The first-order valence-electron chi connectivity index (χ1n) is 7.29. The summed E-state index contributed by atoms with van der Waals surface area (Å²) in [6, 6.07) is 0. The van der Waals surface area contributed by atoms with Crippen LogP contribution in [0, 0.1) is 0 Å². The number of carbonyl (C=O) groups is 1. The molecule has 2 N–H and O–H groups in total. The molecular weight excluding hydrogens is 358 g/mol. The van der Waals surface area contributed by atoms with Gasteiger partial charge in [0.1, 0.15) is 5.60 Å². The molecule has 22 heavy (non-hydrogen) atoms. The molecule has 0 saturated carbocycles. The Morgan fingerprint density at radius 3 is 2.18 bits per heavy atom. The first-order valence-corrected chi connectivity index (χ1v) is 8.41. The molecule has 0 bridgehead atoms. The summed E-state index contributed by atoms with van der Waals surface area (Å²) in [4.78, 5) is 11.3. The van der Waals surface area contributed by atoms with E-state index in [1.165, 1.54) is 0 Å². The van der Waals surface area contributed by atoms with Gasteiger partial charge in [0, 0.05) is 11.9 Å². The standard InChI is InChI=1S/C14H28BrNO6/c1-14(2,3)22-13(18)16-4-5-19-6-7-20-8-9-21-11-12(17)10-15/h12,17H,4-11H2,1-3H3,(H,16,18). The zero-order valence-electron chi connectivity index (χ0n) is 13.6. The summed E-state index contributed by atoms with van der Waals surface area (Å²) < 4.78 is 20.9. The topological polar surface area (TPSA) is 86.3 Å². The quantitative estimate of drug-likeness (QED) is 0.389. The van der Waals surface area contributed by atoms with Crippen molar-refractivity contribution in [2.75, 3.05) is 51.5 Å². The van der Waals surface area contributed by atoms with Crippen LogP contribution < -0.4 is 5.32 Å². The van der Waals surface area contributed by atoms with Crippen molar-refractivity contribution in [3.8, 4) is 0 Å². The molecule has 1 atom stereocenters. The molecule has 0 aliphatic rings. The molecule has 0 saturated heterocycles. The number of amides is 1. The lowest BCUT2D eigenvalue weighted by Gasteiger charge is -2.19. The molecule has 0 heterocycles. The number of hydrogen-bond acceptors (Lipinski definition) is 6. The molecule has 0 aromatic rings. The second-order valence-electron chi connectivity index (χ2n) is 5.54. The van der Waals surface area contributed by atoms with Crippen molar-refractivity contribution in [3.63, 3.8) is 0 Å². The number of hydrogen-bond donors (Lipinski definition) is 2. The largest absolute Gasteiger partial charge is 0.444 e. The second-order valence-corrected chi connectivity index (χ2v) is 6.18. The van der Waals surface area contributed by atoms with Gasteiger partial charge in [-0.1, -0.05) is 15.9 Å². The zero-order chi connectivity index (χ0) is 16.8. The summed E-state index contributed by atoms with van der Waals surface area (Å²) in [7, 11) is 0. The first kappa shape index (κ1) is 21.6. The maximum absolute atomic E-state index is 11.3. The number of nitrogens with one attached hydrogen (secondary N) is 1. The predicted molar refractivity (Wildman–Crippen MR) is 86.5 cm³/mol. The Balaban J connectivity index is 3.22. The van der Waals surface area contributed by atoms with E-state index in [0.717, 1.165) is 0 Å². The lowest BCUT2D eigenvalue weighted by atomic mass is 10.2. The van der Waals surface area contributed by atoms with Gasteiger partial charge in [-0.3, -0.25) is 0 Å². The van der Waals surface area contributed by atoms with Crippen LogP contribution >= 0.6 is 15.9 Å². The Kier molecular flexibility index (Phi) is 12.8. The van der Waals surface area contributed by atoms with E-state index in [1.807, 2.05) is 20.8 Å². The smallest absolute Gasteiger partial charge is 0.407 e. The normalized spacial score (nSPS) is 13.0. The van der Waals surface area contributed by atoms with Crippen LogP contribution in [0.3, 0.4) is 0 Å². The lowest BCUT2D eigenvalue weighted by molar-refractivity contribution is -0.00482. The van der Waals surface area contributed by atoms with Crippen LogP contribution in [-0.2, 0) is 18.9 Å². The van der Waals surface area contributed by atoms with Crippen molar-refractivity contribution in [2.24, 2.45) is 0 Å². The Morgan fingerprint density at radius 2 is 1.64 bits per heavy atom. The summed E-state index contributed by atoms with van der Waals surface area (Å²) in [6.45, 7) is 8.30. The zero-order valence-corrected chi connectivity index (χ0v) is 15.2. The minimum atomic E-state index is -0.495. The number of rotatable bonds is 12. The van der Waals surface area contributed by atoms with Crippen molar-refractivity contribution in [1.29, 1.82) is 0 Å². The molecule has 132 valence electrons. The van der Waals surface area contributed by atoms with Gasteiger partial charge in [0.05, 0.1) is 45.7 Å². The summed E-state index contributed by atoms with van der Waals surface area (Å²) in [5.41, 5.74) is -0.495. The van der Waals surface area contributed by atoms with Crippen LogP contribution in [0.2, 0.25) is 0 Å². The predicted octanol–water partition coefficient (Wildman–Crippen LogP) is 1.32. The molecule has 0 aromatic carbocycles. The highest BCUT2D eigenvalue weighted by molar-refractivity contribution is 9.09. The highest BCUT2D eigenvalue weighted by Crippen LogP contribution is 2.05. The monoisotopic (exact) mass is 385 g/mol. The number of alkyl halides is 1. The number of aliphatic hydroxyl groups is 1. The van der Waals surface area contributed by atoms with Gasteiger partial charge in [0.25, 0.3) is 0 Å². The third-order valence-electron chi connectivity index (χ3n) is 2.15. The van der Waals surface area contributed by atoms with Crippen molar-refractivity contribution < 1.29 is 28.8 Å². The molecule has 1 amide bonds. The van der Waals surface area contributed by atoms with Gasteiger partial charge in [-0.25, -0.2) is 4.79 Å². The van der Waals surface area contributed by atoms with Crippen LogP contribution in [0.15, 0.2) is 0 Å². The van der Waals surface area contributed by atoms with Gasteiger partial charge in [-0.15, -0.1) is 0 Å². The first-order chi connectivity index (χ1) is 10.3. The summed E-state index contributed by atoms with van der Waals surface area (Å²) >= 11 is 3.15. The van der Waals surface area contributed by atoms with Crippen LogP contribution in [0.1, 0.15) is 20.8 Å². The Bertz CT molecular complexity index is 285. The number of halogens is 1. The van der Waals surface area contributed by atoms with Gasteiger partial charge >= 0.3 is 6.09 Å². The minimum Gasteiger partial charge on any atom is -0.444 e. The molecule has 0 rings (SSSR count). The molecule has 0 aliphatic heterocycles. The van der Waals surface area contributed by atoms with Crippen molar-refractivity contribution in [1.82, 2.24) is 5.32 Å². The molecule has 7 nitrogen and oxygen atoms in total. The summed E-state index contributed by atoms with van der Waals surface area (Å²) in [5.74, 6) is 0. The molecule has 8 heteroatoms. The fraction of sp³-hybridized carbons (Fsp3) is 0.929. The number of carbonyl (C=O) groups excluding carboxylic acids is 1. The second kappa shape index (κ2) is 13.1. The third-order valence-corrected chi connectivity index (χ3v) is 2.89. The van der Waals surface area contributed by atoms with Gasteiger partial charge in [0.2, 0.25) is 0 Å². The van der Waals surface area contributed by atoms with E-state index in [4.69, 9.17) is 18.9 Å². The van der Waals surface area contributed by atoms with Crippen molar-refractivity contribution >= 4 is 22.0 Å². The fourth-order valence-corrected chi connectivity index (χ4v) is 1.43. The van der Waals surface area contributed by atoms with Crippen molar-refractivity contribution in [2.45, 2.75) is 32.5 Å². The number of ether oxygens (including phenoxy) is 4. The lowest BCUT2D eigenvalue weighted by Crippen LogP contribution is -2.34. The van der Waals surface area contributed by atoms with E-state index in [1.54, 1.807) is 0 Å². The molecule has 0 spiro atoms. The average Bonchev–Trinajstić information content (AvgIpc) is 2.42. The van der Waals surface area contributed by atoms with E-state index >= 15 is 0 Å². The Morgan fingerprint density at radius 1 is 1.09 bits per heavy atom. The fourth-order valence-electron chi connectivity index (χ4n) is 1.24. The van der Waals surface area contributed by atoms with Gasteiger partial charge < -0.3 is 29.4 Å². The highest BCUT2D eigenvalue weighted by Gasteiger charge is 2.15. The SMILES string of the molecule is CC(C)(C)OC(=O)NCCOCCOCCOCC(O)CBr. The van der Waals surface area contributed by atoms with E-state index in [2.05, 4.69) is 21.2 Å². The van der Waals surface area contributed by atoms with E-state index in [-0.39, 0.29) is 0 Å². The molecule has 0 aliphatic carbocycles. The summed E-state index contributed by atoms with van der Waals surface area (Å²) in [5, 5.41) is 12.3. The van der Waals surface area contributed by atoms with Crippen LogP contribution in [0.5, 0.6) is 0 Å².